The summed E-state index contributed by atoms with van der Waals surface area (Å²) in [4.78, 5) is 1.92. The molecule has 0 unspecified atom stereocenters. The fourth-order valence-electron chi connectivity index (χ4n) is 1.47. The summed E-state index contributed by atoms with van der Waals surface area (Å²) in [5.74, 6) is 0.821. The topological polar surface area (TPSA) is 33.7 Å². The number of nitrogens with one attached hydrogen (secondary N) is 1. The third-order valence-corrected chi connectivity index (χ3v) is 2.96. The fraction of sp³-hybridized carbons (Fsp3) is 0.462. The molecule has 5 heteroatoms. The van der Waals surface area contributed by atoms with E-state index < -0.39 is 0 Å². The lowest BCUT2D eigenvalue weighted by atomic mass is 10.3. The average Bonchev–Trinajstić information content (AvgIpc) is 2.42. The van der Waals surface area contributed by atoms with Gasteiger partial charge in [-0.05, 0) is 30.8 Å². The Hall–Kier alpha value is -1.33. The Kier molecular flexibility index (Phi) is 6.46. The van der Waals surface area contributed by atoms with Gasteiger partial charge < -0.3 is 19.7 Å². The minimum absolute atomic E-state index is 0.694. The van der Waals surface area contributed by atoms with Crippen molar-refractivity contribution in [1.29, 1.82) is 0 Å². The average molecular weight is 268 g/mol. The predicted octanol–water partition coefficient (Wildman–Crippen LogP) is 2.04. The number of hydrogen-bond donors (Lipinski definition) is 1. The first-order valence-electron chi connectivity index (χ1n) is 5.83. The first kappa shape index (κ1) is 14.7. The summed E-state index contributed by atoms with van der Waals surface area (Å²) in [6.07, 6.45) is 0.933. The van der Waals surface area contributed by atoms with Gasteiger partial charge in [-0.15, -0.1) is 0 Å². The molecule has 0 saturated carbocycles. The van der Waals surface area contributed by atoms with Crippen LogP contribution in [0.5, 0.6) is 5.75 Å². The number of rotatable bonds is 6. The Morgan fingerprint density at radius 2 is 2.17 bits per heavy atom. The maximum Gasteiger partial charge on any atom is 0.173 e. The van der Waals surface area contributed by atoms with Crippen LogP contribution >= 0.6 is 12.2 Å². The maximum atomic E-state index is 5.32. The van der Waals surface area contributed by atoms with Gasteiger partial charge in [0.05, 0.1) is 7.11 Å². The van der Waals surface area contributed by atoms with Gasteiger partial charge in [-0.3, -0.25) is 0 Å². The Morgan fingerprint density at radius 3 is 2.83 bits per heavy atom. The van der Waals surface area contributed by atoms with E-state index in [1.54, 1.807) is 14.2 Å². The van der Waals surface area contributed by atoms with Crippen molar-refractivity contribution in [3.63, 3.8) is 0 Å². The first-order chi connectivity index (χ1) is 8.69. The molecule has 0 spiro atoms. The summed E-state index contributed by atoms with van der Waals surface area (Å²) in [6.45, 7) is 1.54. The summed E-state index contributed by atoms with van der Waals surface area (Å²) < 4.78 is 10.2. The molecule has 100 valence electrons. The SMILES string of the molecule is COCCCNC(=S)N(C)c1cccc(OC)c1. The third-order valence-electron chi connectivity index (χ3n) is 2.55. The second kappa shape index (κ2) is 7.89. The minimum Gasteiger partial charge on any atom is -0.497 e. The van der Waals surface area contributed by atoms with Crippen molar-refractivity contribution >= 4 is 23.0 Å². The zero-order chi connectivity index (χ0) is 13.4. The molecule has 1 aromatic carbocycles. The van der Waals surface area contributed by atoms with Crippen LogP contribution in [0.15, 0.2) is 24.3 Å². The molecule has 0 aliphatic heterocycles. The van der Waals surface area contributed by atoms with Crippen LogP contribution in [-0.4, -0.2) is 39.5 Å². The highest BCUT2D eigenvalue weighted by molar-refractivity contribution is 7.80. The summed E-state index contributed by atoms with van der Waals surface area (Å²) in [5.41, 5.74) is 0.999. The number of methoxy groups -OCH3 is 2. The van der Waals surface area contributed by atoms with Crippen LogP contribution in [0, 0.1) is 0 Å². The molecule has 0 aliphatic carbocycles. The van der Waals surface area contributed by atoms with E-state index in [1.807, 2.05) is 36.2 Å². The Balaban J connectivity index is 2.51. The van der Waals surface area contributed by atoms with Gasteiger partial charge >= 0.3 is 0 Å². The van der Waals surface area contributed by atoms with Crippen molar-refractivity contribution in [2.45, 2.75) is 6.42 Å². The second-order valence-electron chi connectivity index (χ2n) is 3.84. The van der Waals surface area contributed by atoms with Crippen LogP contribution in [-0.2, 0) is 4.74 Å². The molecule has 1 aromatic rings. The monoisotopic (exact) mass is 268 g/mol. The Morgan fingerprint density at radius 1 is 1.39 bits per heavy atom. The van der Waals surface area contributed by atoms with E-state index in [4.69, 9.17) is 21.7 Å². The summed E-state index contributed by atoms with van der Waals surface area (Å²) >= 11 is 5.32. The molecule has 4 nitrogen and oxygen atoms in total. The van der Waals surface area contributed by atoms with Crippen molar-refractivity contribution in [2.75, 3.05) is 39.3 Å². The Bertz CT molecular complexity index is 385. The van der Waals surface area contributed by atoms with E-state index in [9.17, 15) is 0 Å². The van der Waals surface area contributed by atoms with Gasteiger partial charge in [0.15, 0.2) is 5.11 Å². The van der Waals surface area contributed by atoms with Crippen LogP contribution < -0.4 is 15.0 Å². The molecule has 0 saturated heterocycles. The Labute approximate surface area is 114 Å². The zero-order valence-corrected chi connectivity index (χ0v) is 11.9. The van der Waals surface area contributed by atoms with Crippen molar-refractivity contribution in [1.82, 2.24) is 5.32 Å². The number of hydrogen-bond acceptors (Lipinski definition) is 3. The molecule has 0 atom stereocenters. The van der Waals surface area contributed by atoms with Gasteiger partial charge in [-0.1, -0.05) is 6.07 Å². The molecular weight excluding hydrogens is 248 g/mol. The second-order valence-corrected chi connectivity index (χ2v) is 4.23. The van der Waals surface area contributed by atoms with Gasteiger partial charge in [0.1, 0.15) is 5.75 Å². The molecule has 0 amide bonds. The van der Waals surface area contributed by atoms with Crippen LogP contribution in [0.25, 0.3) is 0 Å². The van der Waals surface area contributed by atoms with E-state index in [2.05, 4.69) is 5.32 Å². The number of ether oxygens (including phenoxy) is 2. The molecule has 0 aliphatic rings. The predicted molar refractivity (Wildman–Crippen MR) is 78.5 cm³/mol. The first-order valence-corrected chi connectivity index (χ1v) is 6.24. The normalized spacial score (nSPS) is 9.94. The van der Waals surface area contributed by atoms with Crippen LogP contribution in [0.4, 0.5) is 5.69 Å². The van der Waals surface area contributed by atoms with Crippen LogP contribution in [0.1, 0.15) is 6.42 Å². The summed E-state index contributed by atoms with van der Waals surface area (Å²) in [7, 11) is 5.28. The number of nitrogens with zero attached hydrogens (tertiary/aromatic N) is 1. The molecular formula is C13H20N2O2S. The lowest BCUT2D eigenvalue weighted by Crippen LogP contribution is -2.37. The quantitative estimate of drug-likeness (QED) is 0.631. The minimum atomic E-state index is 0.694. The van der Waals surface area contributed by atoms with Gasteiger partial charge in [0, 0.05) is 39.1 Å². The number of benzene rings is 1. The van der Waals surface area contributed by atoms with Crippen LogP contribution in [0.2, 0.25) is 0 Å². The number of thiocarbonyl (C=S) groups is 1. The maximum absolute atomic E-state index is 5.32. The van der Waals surface area contributed by atoms with Crippen LogP contribution in [0.3, 0.4) is 0 Å². The van der Waals surface area contributed by atoms with E-state index in [0.29, 0.717) is 5.11 Å². The smallest absolute Gasteiger partial charge is 0.173 e. The molecule has 0 radical (unpaired) electrons. The molecule has 0 aromatic heterocycles. The highest BCUT2D eigenvalue weighted by Gasteiger charge is 2.06. The standard InChI is InChI=1S/C13H20N2O2S/c1-15(13(18)14-8-5-9-16-2)11-6-4-7-12(10-11)17-3/h4,6-7,10H,5,8-9H2,1-3H3,(H,14,18). The lowest BCUT2D eigenvalue weighted by Gasteiger charge is -2.21. The molecule has 1 rings (SSSR count). The van der Waals surface area contributed by atoms with Crippen molar-refractivity contribution in [3.05, 3.63) is 24.3 Å². The van der Waals surface area contributed by atoms with E-state index >= 15 is 0 Å². The van der Waals surface area contributed by atoms with E-state index in [-0.39, 0.29) is 0 Å². The summed E-state index contributed by atoms with van der Waals surface area (Å²) in [6, 6.07) is 7.79. The van der Waals surface area contributed by atoms with Gasteiger partial charge in [-0.2, -0.15) is 0 Å². The molecule has 18 heavy (non-hydrogen) atoms. The van der Waals surface area contributed by atoms with Crippen molar-refractivity contribution in [2.24, 2.45) is 0 Å². The zero-order valence-electron chi connectivity index (χ0n) is 11.1. The fourth-order valence-corrected chi connectivity index (χ4v) is 1.67. The van der Waals surface area contributed by atoms with Crippen molar-refractivity contribution in [3.8, 4) is 5.75 Å². The van der Waals surface area contributed by atoms with Gasteiger partial charge in [-0.25, -0.2) is 0 Å². The largest absolute Gasteiger partial charge is 0.497 e. The molecule has 0 fully saturated rings. The molecule has 1 N–H and O–H groups in total. The van der Waals surface area contributed by atoms with E-state index in [0.717, 1.165) is 31.0 Å². The third kappa shape index (κ3) is 4.50. The highest BCUT2D eigenvalue weighted by atomic mass is 32.1. The molecule has 0 bridgehead atoms. The highest BCUT2D eigenvalue weighted by Crippen LogP contribution is 2.19. The summed E-state index contributed by atoms with van der Waals surface area (Å²) in [5, 5.41) is 3.88. The van der Waals surface area contributed by atoms with Gasteiger partial charge in [0.25, 0.3) is 0 Å². The van der Waals surface area contributed by atoms with Gasteiger partial charge in [0.2, 0.25) is 0 Å². The lowest BCUT2D eigenvalue weighted by molar-refractivity contribution is 0.195. The number of anilines is 1. The van der Waals surface area contributed by atoms with Crippen molar-refractivity contribution < 1.29 is 9.47 Å². The molecule has 0 heterocycles. The van der Waals surface area contributed by atoms with E-state index in [1.165, 1.54) is 0 Å².